The quantitative estimate of drug-likeness (QED) is 0.502. The predicted octanol–water partition coefficient (Wildman–Crippen LogP) is 4.13. The molecule has 3 aromatic heterocycles. The zero-order valence-electron chi connectivity index (χ0n) is 15.5. The number of aliphatic hydroxyl groups is 1. The van der Waals surface area contributed by atoms with E-state index in [9.17, 15) is 5.11 Å². The van der Waals surface area contributed by atoms with E-state index in [1.165, 1.54) is 0 Å². The lowest BCUT2D eigenvalue weighted by Gasteiger charge is -2.47. The highest BCUT2D eigenvalue weighted by molar-refractivity contribution is 6.37. The number of oxazole rings is 1. The number of pyridine rings is 1. The van der Waals surface area contributed by atoms with Gasteiger partial charge in [0.2, 0.25) is 5.89 Å². The molecular weight excluding hydrogens is 403 g/mol. The van der Waals surface area contributed by atoms with Gasteiger partial charge in [-0.25, -0.2) is 15.0 Å². The van der Waals surface area contributed by atoms with Gasteiger partial charge in [-0.3, -0.25) is 0 Å². The first-order valence-electron chi connectivity index (χ1n) is 9.28. The van der Waals surface area contributed by atoms with Crippen LogP contribution in [0.2, 0.25) is 10.2 Å². The smallest absolute Gasteiger partial charge is 0.203 e. The maximum Gasteiger partial charge on any atom is 0.203 e. The van der Waals surface area contributed by atoms with Gasteiger partial charge in [-0.2, -0.15) is 0 Å². The van der Waals surface area contributed by atoms with E-state index < -0.39 is 5.79 Å². The van der Waals surface area contributed by atoms with Crippen molar-refractivity contribution in [2.24, 2.45) is 5.92 Å². The Bertz CT molecular complexity index is 1030. The minimum Gasteiger partial charge on any atom is -0.448 e. The highest BCUT2D eigenvalue weighted by atomic mass is 35.5. The van der Waals surface area contributed by atoms with E-state index in [0.717, 1.165) is 12.8 Å². The summed E-state index contributed by atoms with van der Waals surface area (Å²) < 4.78 is 13.8. The Morgan fingerprint density at radius 2 is 2.18 bits per heavy atom. The van der Waals surface area contributed by atoms with Gasteiger partial charge < -0.3 is 18.8 Å². The minimum absolute atomic E-state index is 0.0556. The second-order valence-corrected chi connectivity index (χ2v) is 8.92. The zero-order chi connectivity index (χ0) is 19.7. The van der Waals surface area contributed by atoms with Gasteiger partial charge in [0.1, 0.15) is 16.9 Å². The molecule has 5 rings (SSSR count). The first-order chi connectivity index (χ1) is 13.3. The minimum atomic E-state index is -1.26. The molecule has 3 heterocycles. The number of nitrogens with zero attached hydrogens (tertiary/aromatic N) is 4. The third kappa shape index (κ3) is 2.60. The second-order valence-electron chi connectivity index (χ2n) is 8.13. The summed E-state index contributed by atoms with van der Waals surface area (Å²) in [5.41, 5.74) is 0.895. The first kappa shape index (κ1) is 18.4. The molecule has 28 heavy (non-hydrogen) atoms. The van der Waals surface area contributed by atoms with Crippen LogP contribution >= 0.6 is 23.2 Å². The molecule has 3 aromatic rings. The van der Waals surface area contributed by atoms with Gasteiger partial charge in [0.25, 0.3) is 0 Å². The lowest BCUT2D eigenvalue weighted by atomic mass is 9.60. The van der Waals surface area contributed by atoms with Crippen molar-refractivity contribution in [2.75, 3.05) is 0 Å². The van der Waals surface area contributed by atoms with E-state index in [1.807, 2.05) is 4.57 Å². The van der Waals surface area contributed by atoms with Crippen molar-refractivity contribution in [1.82, 2.24) is 19.5 Å². The van der Waals surface area contributed by atoms with Crippen molar-refractivity contribution in [1.29, 1.82) is 0 Å². The van der Waals surface area contributed by atoms with Gasteiger partial charge in [-0.1, -0.05) is 23.2 Å². The van der Waals surface area contributed by atoms with Crippen molar-refractivity contribution in [3.05, 3.63) is 40.9 Å². The fraction of sp³-hybridized carbons (Fsp3) is 0.526. The van der Waals surface area contributed by atoms with Crippen LogP contribution in [0.25, 0.3) is 11.2 Å². The Kier molecular flexibility index (Phi) is 4.04. The number of hydrogen-bond acceptors (Lipinski definition) is 6. The number of aromatic nitrogens is 4. The molecule has 0 aromatic carbocycles. The van der Waals surface area contributed by atoms with E-state index in [-0.39, 0.29) is 23.5 Å². The number of ether oxygens (including phenoxy) is 1. The van der Waals surface area contributed by atoms with Crippen LogP contribution < -0.4 is 0 Å². The topological polar surface area (TPSA) is 86.2 Å². The third-order valence-corrected chi connectivity index (χ3v) is 6.58. The summed E-state index contributed by atoms with van der Waals surface area (Å²) >= 11 is 12.4. The average Bonchev–Trinajstić information content (AvgIpc) is 3.25. The van der Waals surface area contributed by atoms with Crippen LogP contribution in [0.4, 0.5) is 0 Å². The van der Waals surface area contributed by atoms with Crippen LogP contribution in [0.3, 0.4) is 0 Å². The molecule has 0 radical (unpaired) electrons. The molecule has 1 N–H and O–H groups in total. The molecular formula is C19H20Cl2N4O3. The normalized spacial score (nSPS) is 29.8. The lowest BCUT2D eigenvalue weighted by molar-refractivity contribution is -0.226. The molecule has 2 fully saturated rings. The van der Waals surface area contributed by atoms with E-state index in [0.29, 0.717) is 33.7 Å². The van der Waals surface area contributed by atoms with Crippen LogP contribution in [-0.4, -0.2) is 36.5 Å². The van der Waals surface area contributed by atoms with Crippen LogP contribution in [0.5, 0.6) is 0 Å². The summed E-state index contributed by atoms with van der Waals surface area (Å²) in [6.45, 7) is 3.29. The molecule has 2 aliphatic rings. The number of halogens is 2. The fourth-order valence-corrected chi connectivity index (χ4v) is 5.48. The molecule has 2 aliphatic carbocycles. The largest absolute Gasteiger partial charge is 0.448 e. The molecule has 0 spiro atoms. The van der Waals surface area contributed by atoms with Gasteiger partial charge in [-0.05, 0) is 45.1 Å². The van der Waals surface area contributed by atoms with Crippen LogP contribution in [0.1, 0.15) is 45.0 Å². The van der Waals surface area contributed by atoms with Crippen molar-refractivity contribution >= 4 is 34.4 Å². The maximum atomic E-state index is 10.3. The van der Waals surface area contributed by atoms with E-state index in [4.69, 9.17) is 32.4 Å². The fourth-order valence-electron chi connectivity index (χ4n) is 5.00. The van der Waals surface area contributed by atoms with Crippen molar-refractivity contribution in [3.63, 3.8) is 0 Å². The molecule has 148 valence electrons. The summed E-state index contributed by atoms with van der Waals surface area (Å²) in [6.07, 6.45) is 7.30. The Labute approximate surface area is 171 Å². The standard InChI is InChI=1S/C19H20Cl2N4O3/c1-18(2,26)28-13-8-12(10-3-4-19(10,13)17-22-5-6-27-17)25-9-23-15-11(20)7-14(21)24-16(15)25/h5-7,9-10,12-13,26H,3-4,8H2,1-2H3/t10-,12+,13+,19+/m1/s1. The van der Waals surface area contributed by atoms with Gasteiger partial charge in [0.15, 0.2) is 11.4 Å². The van der Waals surface area contributed by atoms with E-state index >= 15 is 0 Å². The summed E-state index contributed by atoms with van der Waals surface area (Å²) in [5.74, 6) is -0.384. The van der Waals surface area contributed by atoms with Crippen molar-refractivity contribution < 1.29 is 14.3 Å². The Morgan fingerprint density at radius 1 is 1.36 bits per heavy atom. The number of fused-ring (bicyclic) bond motifs is 2. The number of imidazole rings is 1. The van der Waals surface area contributed by atoms with Crippen LogP contribution in [0, 0.1) is 5.92 Å². The van der Waals surface area contributed by atoms with E-state index in [2.05, 4.69) is 15.0 Å². The van der Waals surface area contributed by atoms with Crippen molar-refractivity contribution in [2.45, 2.75) is 56.5 Å². The molecule has 9 heteroatoms. The number of rotatable bonds is 4. The molecule has 0 unspecified atom stereocenters. The highest BCUT2D eigenvalue weighted by Crippen LogP contribution is 2.63. The zero-order valence-corrected chi connectivity index (χ0v) is 17.0. The number of hydrogen-bond donors (Lipinski definition) is 1. The maximum absolute atomic E-state index is 10.3. The highest BCUT2D eigenvalue weighted by Gasteiger charge is 2.65. The van der Waals surface area contributed by atoms with Gasteiger partial charge in [-0.15, -0.1) is 0 Å². The molecule has 7 nitrogen and oxygen atoms in total. The molecule has 4 atom stereocenters. The van der Waals surface area contributed by atoms with Gasteiger partial charge in [0, 0.05) is 6.04 Å². The molecule has 0 aliphatic heterocycles. The summed E-state index contributed by atoms with van der Waals surface area (Å²) in [6, 6.07) is 1.65. The third-order valence-electron chi connectivity index (χ3n) is 6.10. The van der Waals surface area contributed by atoms with Gasteiger partial charge in [0.05, 0.1) is 29.1 Å². The SMILES string of the molecule is CC(C)(O)O[C@H]1C[C@H](n2cnc3c(Cl)cc(Cl)nc32)[C@H]2CC[C@@]12c1ncco1. The van der Waals surface area contributed by atoms with Crippen molar-refractivity contribution in [3.8, 4) is 0 Å². The molecule has 0 saturated heterocycles. The molecule has 0 amide bonds. The molecule has 2 saturated carbocycles. The van der Waals surface area contributed by atoms with E-state index in [1.54, 1.807) is 38.7 Å². The Hall–Kier alpha value is -1.67. The summed E-state index contributed by atoms with van der Waals surface area (Å²) in [7, 11) is 0. The first-order valence-corrected chi connectivity index (χ1v) is 10.0. The molecule has 0 bridgehead atoms. The Morgan fingerprint density at radius 3 is 2.82 bits per heavy atom. The monoisotopic (exact) mass is 422 g/mol. The second kappa shape index (κ2) is 6.16. The average molecular weight is 423 g/mol. The van der Waals surface area contributed by atoms with Crippen LogP contribution in [0.15, 0.2) is 29.3 Å². The predicted molar refractivity (Wildman–Crippen MR) is 103 cm³/mol. The Balaban J connectivity index is 1.61. The summed E-state index contributed by atoms with van der Waals surface area (Å²) in [5, 5.41) is 11.1. The van der Waals surface area contributed by atoms with Crippen LogP contribution in [-0.2, 0) is 10.2 Å². The summed E-state index contributed by atoms with van der Waals surface area (Å²) in [4.78, 5) is 13.4. The van der Waals surface area contributed by atoms with Gasteiger partial charge >= 0.3 is 0 Å². The lowest BCUT2D eigenvalue weighted by Crippen LogP contribution is -2.52.